The van der Waals surface area contributed by atoms with E-state index in [2.05, 4.69) is 0 Å². The van der Waals surface area contributed by atoms with Crippen molar-refractivity contribution in [3.63, 3.8) is 0 Å². The van der Waals surface area contributed by atoms with Crippen molar-refractivity contribution < 1.29 is 342 Å². The number of rotatable bonds is 0. The molecule has 0 saturated carbocycles. The molecule has 0 spiro atoms. The Morgan fingerprint density at radius 1 is 0.105 bits per heavy atom. The largest absolute Gasteiger partial charge is 0.412 e. The molecule has 0 aromatic carbocycles. The van der Waals surface area contributed by atoms with Gasteiger partial charge in [-0.2, -0.15) is 0 Å². The van der Waals surface area contributed by atoms with E-state index in [1.807, 2.05) is 0 Å². The van der Waals surface area contributed by atoms with Crippen molar-refractivity contribution in [1.29, 1.82) is 0 Å². The number of hydrogen-bond donors (Lipinski definition) is 15. The average molecular weight is 2380 g/mol. The molecule has 30 heteroatoms. The molecule has 57 heavy (non-hydrogen) atoms. The minimum absolute atomic E-state index is 0. The van der Waals surface area contributed by atoms with E-state index in [4.69, 9.17) is 76.6 Å². The first-order valence-corrected chi connectivity index (χ1v) is 6.71. The molecule has 0 rings (SSSR count). The molecule has 0 bridgehead atoms. The Bertz CT molecular complexity index is 83.3. The summed E-state index contributed by atoms with van der Waals surface area (Å²) in [6, 6.07) is 0. The molecule has 0 amide bonds. The van der Waals surface area contributed by atoms with E-state index in [9.17, 15) is 0 Å². The van der Waals surface area contributed by atoms with Gasteiger partial charge in [0.1, 0.15) is 0 Å². The first kappa shape index (κ1) is 525. The maximum absolute atomic E-state index is 7.00. The van der Waals surface area contributed by atoms with Crippen LogP contribution in [0.25, 0.3) is 0 Å². The smallest absolute Gasteiger partial charge is 0.0319 e. The number of aliphatic hydroxyl groups excluding tert-OH is 15. The van der Waals surface area contributed by atoms with Gasteiger partial charge >= 0.3 is 0 Å². The van der Waals surface area contributed by atoms with Crippen molar-refractivity contribution in [3.8, 4) is 0 Å². The van der Waals surface area contributed by atoms with E-state index in [1.165, 1.54) is 0 Å². The minimum Gasteiger partial charge on any atom is -0.412 e. The third-order valence-corrected chi connectivity index (χ3v) is 0. The Morgan fingerprint density at radius 2 is 0.105 bits per heavy atom. The van der Waals surface area contributed by atoms with Crippen LogP contribution in [0.1, 0.15) is 0 Å². The fraction of sp³-hybridized carbons (Fsp3) is 0.556. The molecule has 0 radical (unpaired) electrons. The van der Waals surface area contributed by atoms with Gasteiger partial charge in [0.25, 0.3) is 0 Å². The Labute approximate surface area is 529 Å². The summed E-state index contributed by atoms with van der Waals surface area (Å²) in [5.74, 6) is 0. The fourth-order valence-electron chi connectivity index (χ4n) is 0. The molecule has 0 fully saturated rings. The van der Waals surface area contributed by atoms with Crippen LogP contribution in [0.2, 0.25) is 0 Å². The van der Waals surface area contributed by atoms with E-state index < -0.39 is 0 Å². The molecule has 0 aliphatic carbocycles. The molecular formula is C27H108Hf9O21-12. The monoisotopic (exact) mass is 2390 g/mol. The Hall–Kier alpha value is 6.99. The summed E-state index contributed by atoms with van der Waals surface area (Å²) in [7, 11) is 15.0. The average Bonchev–Trinajstić information content (AvgIpc) is 3.00. The van der Waals surface area contributed by atoms with Crippen molar-refractivity contribution >= 4 is 0 Å². The van der Waals surface area contributed by atoms with Gasteiger partial charge in [-0.05, 0) is 0 Å². The first-order valence-electron chi connectivity index (χ1n) is 6.71. The third kappa shape index (κ3) is 4790. The summed E-state index contributed by atoms with van der Waals surface area (Å²) >= 11 is 0. The second-order valence-corrected chi connectivity index (χ2v) is 0. The van der Waals surface area contributed by atoms with Gasteiger partial charge in [0.15, 0.2) is 0 Å². The fourth-order valence-corrected chi connectivity index (χ4v) is 0. The second kappa shape index (κ2) is 4950. The summed E-state index contributed by atoms with van der Waals surface area (Å²) < 4.78 is 0. The normalized spacial score (nSPS) is 1.58. The summed E-state index contributed by atoms with van der Waals surface area (Å²) in [4.78, 5) is 0. The van der Waals surface area contributed by atoms with Crippen molar-refractivity contribution in [1.82, 2.24) is 0 Å². The standard InChI is InChI=1S/15CH4O.12CH3.9Hf.6H2O/c15*1-2;;;;;;;;;;;;;;;;;;;;;;;;;;;/h15*2H,1H3;12*1H3;;;;;;;;;;6*1H2/q;;;;;;;;;;;;;;;12*-1;;;;;;;;;;;;;;;. The Balaban J connectivity index is -0.00000000102. The van der Waals surface area contributed by atoms with Crippen LogP contribution in [0.4, 0.5) is 0 Å². The van der Waals surface area contributed by atoms with Crippen LogP contribution >= 0.6 is 0 Å². The zero-order chi connectivity index (χ0) is 30.0. The predicted octanol–water partition coefficient (Wildman–Crippen LogP) is -5.44. The van der Waals surface area contributed by atoms with E-state index in [0.717, 1.165) is 107 Å². The molecule has 0 unspecified atom stereocenters. The predicted molar refractivity (Wildman–Crippen MR) is 221 cm³/mol. The van der Waals surface area contributed by atoms with Crippen LogP contribution in [0.15, 0.2) is 0 Å². The topological polar surface area (TPSA) is 492 Å². The maximum Gasteiger partial charge on any atom is 0.0319 e. The molecule has 0 aromatic rings. The zero-order valence-corrected chi connectivity index (χ0v) is 73.5. The Kier molecular flexibility index (Phi) is 45600. The quantitative estimate of drug-likeness (QED) is 0.0795. The molecule has 0 heterocycles. The molecule has 0 atom stereocenters. The van der Waals surface area contributed by atoms with E-state index >= 15 is 0 Å². The first-order chi connectivity index (χ1) is 15.0. The Morgan fingerprint density at radius 3 is 0.105 bits per heavy atom. The summed E-state index contributed by atoms with van der Waals surface area (Å²) in [5, 5.41) is 105. The van der Waals surface area contributed by atoms with E-state index in [0.29, 0.717) is 0 Å². The number of hydrogen-bond acceptors (Lipinski definition) is 15. The van der Waals surface area contributed by atoms with E-state index in [-0.39, 0.29) is 355 Å². The van der Waals surface area contributed by atoms with Crippen LogP contribution in [-0.2, 0) is 233 Å². The van der Waals surface area contributed by atoms with E-state index in [1.54, 1.807) is 0 Å². The van der Waals surface area contributed by atoms with Crippen molar-refractivity contribution in [2.75, 3.05) is 107 Å². The van der Waals surface area contributed by atoms with Crippen LogP contribution in [-0.4, -0.2) is 216 Å². The third-order valence-electron chi connectivity index (χ3n) is 0. The summed E-state index contributed by atoms with van der Waals surface area (Å²) in [6.45, 7) is 0. The van der Waals surface area contributed by atoms with Crippen LogP contribution < -0.4 is 0 Å². The maximum atomic E-state index is 7.00. The minimum atomic E-state index is 0. The SMILES string of the molecule is CO.CO.CO.CO.CO.CO.CO.CO.CO.CO.CO.CO.CO.CO.CO.O.O.O.O.O.O.[CH3-].[CH3-].[CH3-].[CH3-].[CH3-].[CH3-].[CH3-].[CH3-].[CH3-].[CH3-].[CH3-].[CH3-].[Hf].[Hf].[Hf].[Hf].[Hf].[Hf].[Hf].[Hf].[Hf]. The molecule has 390 valence electrons. The van der Waals surface area contributed by atoms with Gasteiger partial charge in [-0.15, -0.1) is 0 Å². The van der Waals surface area contributed by atoms with Gasteiger partial charge in [0.05, 0.1) is 0 Å². The molecular weight excluding hydrogens is 2270 g/mol. The molecule has 27 N–H and O–H groups in total. The zero-order valence-electron chi connectivity index (χ0n) is 41.2. The van der Waals surface area contributed by atoms with Crippen LogP contribution in [0.5, 0.6) is 0 Å². The second-order valence-electron chi connectivity index (χ2n) is 0. The molecule has 21 nitrogen and oxygen atoms in total. The van der Waals surface area contributed by atoms with Gasteiger partial charge in [-0.1, -0.05) is 0 Å². The number of aliphatic hydroxyl groups is 15. The van der Waals surface area contributed by atoms with Gasteiger partial charge in [0, 0.05) is 339 Å². The van der Waals surface area contributed by atoms with Crippen LogP contribution in [0.3, 0.4) is 0 Å². The molecule has 0 aliphatic heterocycles. The van der Waals surface area contributed by atoms with Crippen LogP contribution in [0, 0.1) is 89.1 Å². The van der Waals surface area contributed by atoms with Crippen molar-refractivity contribution in [3.05, 3.63) is 89.1 Å². The molecule has 0 aromatic heterocycles. The molecule has 0 saturated heterocycles. The van der Waals surface area contributed by atoms with Crippen molar-refractivity contribution in [2.24, 2.45) is 0 Å². The van der Waals surface area contributed by atoms with Gasteiger partial charge in [-0.3, -0.25) is 0 Å². The molecule has 0 aliphatic rings. The summed E-state index contributed by atoms with van der Waals surface area (Å²) in [6.07, 6.45) is 0. The van der Waals surface area contributed by atoms with Crippen molar-refractivity contribution in [2.45, 2.75) is 0 Å². The van der Waals surface area contributed by atoms with Gasteiger partial charge in [-0.25, -0.2) is 0 Å². The summed E-state index contributed by atoms with van der Waals surface area (Å²) in [5.41, 5.74) is 0. The van der Waals surface area contributed by atoms with Gasteiger partial charge in [0.2, 0.25) is 0 Å². The van der Waals surface area contributed by atoms with Gasteiger partial charge < -0.3 is 199 Å².